The number of nitriles is 1. The molecule has 1 aliphatic rings. The molecule has 2 aromatic rings. The molecule has 1 fully saturated rings. The Bertz CT molecular complexity index is 982. The lowest BCUT2D eigenvalue weighted by Gasteiger charge is -2.31. The minimum Gasteiger partial charge on any atom is -0.364 e. The Morgan fingerprint density at radius 3 is 2.72 bits per heavy atom. The fourth-order valence-corrected chi connectivity index (χ4v) is 3.77. The number of pyridine rings is 1. The number of rotatable bonds is 7. The Balaban J connectivity index is 1.53. The SMILES string of the molecule is C[N+](C)(CCNc1ccc(-c2cccc(C(F)(F)F)c2)cn1)CC(=O)N1CCC[C@H]1C#N. The van der Waals surface area contributed by atoms with Crippen LogP contribution >= 0.6 is 0 Å². The number of nitrogens with one attached hydrogen (secondary N) is 1. The summed E-state index contributed by atoms with van der Waals surface area (Å²) < 4.78 is 39.2. The summed E-state index contributed by atoms with van der Waals surface area (Å²) in [5.41, 5.74) is 0.357. The number of hydrogen-bond donors (Lipinski definition) is 1. The highest BCUT2D eigenvalue weighted by Crippen LogP contribution is 2.32. The van der Waals surface area contributed by atoms with Crippen molar-refractivity contribution in [3.63, 3.8) is 0 Å². The van der Waals surface area contributed by atoms with Gasteiger partial charge in [-0.15, -0.1) is 0 Å². The molecule has 0 spiro atoms. The molecule has 170 valence electrons. The number of alkyl halides is 3. The van der Waals surface area contributed by atoms with Gasteiger partial charge in [0.1, 0.15) is 11.9 Å². The minimum atomic E-state index is -4.39. The van der Waals surface area contributed by atoms with Crippen LogP contribution in [0.4, 0.5) is 19.0 Å². The molecule has 1 atom stereocenters. The van der Waals surface area contributed by atoms with Gasteiger partial charge in [0.15, 0.2) is 6.54 Å². The number of nitrogens with zero attached hydrogens (tertiary/aromatic N) is 4. The van der Waals surface area contributed by atoms with Crippen molar-refractivity contribution in [1.29, 1.82) is 5.26 Å². The molecule has 1 aliphatic heterocycles. The monoisotopic (exact) mass is 446 g/mol. The van der Waals surface area contributed by atoms with Gasteiger partial charge in [-0.3, -0.25) is 4.79 Å². The smallest absolute Gasteiger partial charge is 0.364 e. The normalized spacial score (nSPS) is 16.6. The molecule has 3 rings (SSSR count). The average molecular weight is 446 g/mol. The largest absolute Gasteiger partial charge is 0.416 e. The topological polar surface area (TPSA) is 69.0 Å². The van der Waals surface area contributed by atoms with E-state index in [4.69, 9.17) is 0 Å². The maximum absolute atomic E-state index is 12.9. The van der Waals surface area contributed by atoms with Gasteiger partial charge in [0.2, 0.25) is 0 Å². The number of likely N-dealkylation sites (N-methyl/N-ethyl adjacent to an activating group) is 1. The summed E-state index contributed by atoms with van der Waals surface area (Å²) in [6, 6.07) is 10.5. The zero-order valence-corrected chi connectivity index (χ0v) is 18.2. The van der Waals surface area contributed by atoms with E-state index in [2.05, 4.69) is 16.4 Å². The van der Waals surface area contributed by atoms with Gasteiger partial charge in [-0.2, -0.15) is 18.4 Å². The second-order valence-electron chi connectivity index (χ2n) is 8.63. The van der Waals surface area contributed by atoms with Gasteiger partial charge < -0.3 is 14.7 Å². The highest BCUT2D eigenvalue weighted by Gasteiger charge is 2.32. The molecule has 1 aromatic heterocycles. The van der Waals surface area contributed by atoms with Crippen molar-refractivity contribution < 1.29 is 22.4 Å². The van der Waals surface area contributed by atoms with Crippen LogP contribution in [0.1, 0.15) is 18.4 Å². The van der Waals surface area contributed by atoms with Crippen molar-refractivity contribution in [1.82, 2.24) is 9.88 Å². The Kier molecular flexibility index (Phi) is 7.04. The molecule has 1 aromatic carbocycles. The first-order valence-corrected chi connectivity index (χ1v) is 10.5. The van der Waals surface area contributed by atoms with E-state index in [9.17, 15) is 23.2 Å². The number of likely N-dealkylation sites (tertiary alicyclic amines) is 1. The number of amides is 1. The van der Waals surface area contributed by atoms with Crippen LogP contribution in [0.25, 0.3) is 11.1 Å². The first kappa shape index (κ1) is 23.5. The van der Waals surface area contributed by atoms with E-state index in [0.29, 0.717) is 47.6 Å². The van der Waals surface area contributed by atoms with Crippen molar-refractivity contribution in [2.75, 3.05) is 45.6 Å². The number of benzene rings is 1. The van der Waals surface area contributed by atoms with Crippen LogP contribution < -0.4 is 5.32 Å². The molecule has 1 amide bonds. The van der Waals surface area contributed by atoms with E-state index in [1.165, 1.54) is 12.3 Å². The molecular weight excluding hydrogens is 419 g/mol. The molecule has 9 heteroatoms. The van der Waals surface area contributed by atoms with Crippen molar-refractivity contribution in [2.24, 2.45) is 0 Å². The third-order valence-electron chi connectivity index (χ3n) is 5.60. The van der Waals surface area contributed by atoms with Crippen LogP contribution in [0.2, 0.25) is 0 Å². The van der Waals surface area contributed by atoms with E-state index in [1.807, 2.05) is 14.1 Å². The van der Waals surface area contributed by atoms with Crippen LogP contribution in [-0.2, 0) is 11.0 Å². The maximum atomic E-state index is 12.9. The van der Waals surface area contributed by atoms with Crippen molar-refractivity contribution in [3.05, 3.63) is 48.2 Å². The first-order valence-electron chi connectivity index (χ1n) is 10.5. The number of aromatic nitrogens is 1. The Morgan fingerprint density at radius 1 is 1.28 bits per heavy atom. The van der Waals surface area contributed by atoms with E-state index in [-0.39, 0.29) is 11.9 Å². The lowest BCUT2D eigenvalue weighted by Crippen LogP contribution is -2.51. The fourth-order valence-electron chi connectivity index (χ4n) is 3.77. The predicted octanol–water partition coefficient (Wildman–Crippen LogP) is 3.77. The molecule has 0 bridgehead atoms. The van der Waals surface area contributed by atoms with E-state index >= 15 is 0 Å². The third kappa shape index (κ3) is 5.98. The van der Waals surface area contributed by atoms with Gasteiger partial charge in [0.25, 0.3) is 5.91 Å². The summed E-state index contributed by atoms with van der Waals surface area (Å²) in [6.07, 6.45) is -1.25. The van der Waals surface area contributed by atoms with E-state index in [1.54, 1.807) is 23.1 Å². The van der Waals surface area contributed by atoms with Gasteiger partial charge in [-0.1, -0.05) is 12.1 Å². The molecule has 1 saturated heterocycles. The minimum absolute atomic E-state index is 0.0115. The standard InChI is InChI=1S/C23H27F3N5O/c1-31(2,16-22(32)30-11-4-7-20(30)14-27)12-10-28-21-9-8-18(15-29-21)17-5-3-6-19(13-17)23(24,25)26/h3,5-6,8-9,13,15,20H,4,7,10-12,16H2,1-2H3,(H,28,29)/q+1/t20-/m0/s1. The fraction of sp³-hybridized carbons (Fsp3) is 0.435. The van der Waals surface area contributed by atoms with Gasteiger partial charge in [0, 0.05) is 18.3 Å². The van der Waals surface area contributed by atoms with Gasteiger partial charge in [-0.25, -0.2) is 4.98 Å². The van der Waals surface area contributed by atoms with Crippen molar-refractivity contribution >= 4 is 11.7 Å². The zero-order chi connectivity index (χ0) is 23.4. The molecule has 0 aliphatic carbocycles. The number of anilines is 1. The lowest BCUT2D eigenvalue weighted by molar-refractivity contribution is -0.881. The molecule has 1 N–H and O–H groups in total. The van der Waals surface area contributed by atoms with E-state index in [0.717, 1.165) is 25.0 Å². The summed E-state index contributed by atoms with van der Waals surface area (Å²) in [7, 11) is 3.92. The zero-order valence-electron chi connectivity index (χ0n) is 18.2. The average Bonchev–Trinajstić information content (AvgIpc) is 3.22. The van der Waals surface area contributed by atoms with Gasteiger partial charge in [0.05, 0.1) is 38.8 Å². The number of halogens is 3. The van der Waals surface area contributed by atoms with Crippen LogP contribution in [0.3, 0.4) is 0 Å². The number of quaternary nitrogens is 1. The highest BCUT2D eigenvalue weighted by atomic mass is 19.4. The number of hydrogen-bond acceptors (Lipinski definition) is 4. The Hall–Kier alpha value is -3.12. The quantitative estimate of drug-likeness (QED) is 0.658. The molecular formula is C23H27F3N5O+. The lowest BCUT2D eigenvalue weighted by atomic mass is 10.0. The molecule has 0 saturated carbocycles. The van der Waals surface area contributed by atoms with Crippen LogP contribution in [0, 0.1) is 11.3 Å². The summed E-state index contributed by atoms with van der Waals surface area (Å²) in [5, 5.41) is 12.4. The maximum Gasteiger partial charge on any atom is 0.416 e. The molecule has 0 radical (unpaired) electrons. The van der Waals surface area contributed by atoms with E-state index < -0.39 is 11.7 Å². The predicted molar refractivity (Wildman–Crippen MR) is 115 cm³/mol. The van der Waals surface area contributed by atoms with Gasteiger partial charge >= 0.3 is 6.18 Å². The highest BCUT2D eigenvalue weighted by molar-refractivity contribution is 5.78. The third-order valence-corrected chi connectivity index (χ3v) is 5.60. The Labute approximate surface area is 185 Å². The van der Waals surface area contributed by atoms with Crippen LogP contribution in [0.5, 0.6) is 0 Å². The van der Waals surface area contributed by atoms with Crippen molar-refractivity contribution in [2.45, 2.75) is 25.1 Å². The number of carbonyl (C=O) groups is 1. The molecule has 32 heavy (non-hydrogen) atoms. The summed E-state index contributed by atoms with van der Waals surface area (Å²) in [4.78, 5) is 18.5. The second kappa shape index (κ2) is 9.57. The Morgan fingerprint density at radius 2 is 2.06 bits per heavy atom. The van der Waals surface area contributed by atoms with Crippen molar-refractivity contribution in [3.8, 4) is 17.2 Å². The first-order chi connectivity index (χ1) is 15.1. The van der Waals surface area contributed by atoms with Crippen LogP contribution in [0.15, 0.2) is 42.6 Å². The second-order valence-corrected chi connectivity index (χ2v) is 8.63. The summed E-state index contributed by atoms with van der Waals surface area (Å²) >= 11 is 0. The van der Waals surface area contributed by atoms with Crippen LogP contribution in [-0.4, -0.2) is 66.6 Å². The number of carbonyl (C=O) groups excluding carboxylic acids is 1. The summed E-state index contributed by atoms with van der Waals surface area (Å²) in [6.45, 7) is 2.17. The molecule has 2 heterocycles. The summed E-state index contributed by atoms with van der Waals surface area (Å²) in [5.74, 6) is 0.596. The molecule has 0 unspecified atom stereocenters. The molecule has 6 nitrogen and oxygen atoms in total. The van der Waals surface area contributed by atoms with Gasteiger partial charge in [-0.05, 0) is 42.7 Å².